The van der Waals surface area contributed by atoms with Crippen molar-refractivity contribution < 1.29 is 24.0 Å². The maximum absolute atomic E-state index is 11.8. The van der Waals surface area contributed by atoms with Crippen LogP contribution in [0.25, 0.3) is 6.08 Å². The number of nitrogens with zero attached hydrogens (tertiary/aromatic N) is 2. The lowest BCUT2D eigenvalue weighted by Crippen LogP contribution is -2.22. The molecule has 0 spiro atoms. The second-order valence-electron chi connectivity index (χ2n) is 4.26. The quantitative estimate of drug-likeness (QED) is 0.468. The lowest BCUT2D eigenvalue weighted by Gasteiger charge is -2.02. The molecule has 8 nitrogen and oxygen atoms in total. The first kappa shape index (κ1) is 13.4. The predicted molar refractivity (Wildman–Crippen MR) is 73.0 cm³/mol. The number of hydrogen-bond acceptors (Lipinski definition) is 7. The third-order valence-corrected chi connectivity index (χ3v) is 3.95. The van der Waals surface area contributed by atoms with E-state index in [1.807, 2.05) is 0 Å². The third-order valence-electron chi connectivity index (χ3n) is 2.99. The minimum atomic E-state index is -0.579. The fourth-order valence-corrected chi connectivity index (χ4v) is 2.73. The van der Waals surface area contributed by atoms with Crippen molar-refractivity contribution in [1.82, 2.24) is 4.90 Å². The fourth-order valence-electron chi connectivity index (χ4n) is 1.91. The highest BCUT2D eigenvalue weighted by Crippen LogP contribution is 2.40. The molecule has 0 N–H and O–H groups in total. The Balaban J connectivity index is 2.08. The second kappa shape index (κ2) is 4.77. The molecule has 2 aliphatic rings. The van der Waals surface area contributed by atoms with Crippen molar-refractivity contribution in [3.63, 3.8) is 0 Å². The van der Waals surface area contributed by atoms with E-state index in [0.29, 0.717) is 5.75 Å². The zero-order valence-corrected chi connectivity index (χ0v) is 11.5. The summed E-state index contributed by atoms with van der Waals surface area (Å²) in [5.74, 6) is 0.155. The molecule has 0 bridgehead atoms. The summed E-state index contributed by atoms with van der Waals surface area (Å²) in [6.45, 7) is -0.0125. The van der Waals surface area contributed by atoms with Gasteiger partial charge in [0.05, 0.1) is 21.5 Å². The van der Waals surface area contributed by atoms with Crippen LogP contribution in [0.2, 0.25) is 0 Å². The molecule has 3 rings (SSSR count). The van der Waals surface area contributed by atoms with Crippen molar-refractivity contribution in [2.75, 3.05) is 13.8 Å². The summed E-state index contributed by atoms with van der Waals surface area (Å²) in [5, 5.41) is 10.7. The van der Waals surface area contributed by atoms with Gasteiger partial charge >= 0.3 is 0 Å². The van der Waals surface area contributed by atoms with Crippen LogP contribution in [-0.2, 0) is 4.79 Å². The van der Waals surface area contributed by atoms with Gasteiger partial charge in [-0.15, -0.1) is 0 Å². The van der Waals surface area contributed by atoms with E-state index in [4.69, 9.17) is 9.47 Å². The van der Waals surface area contributed by atoms with Gasteiger partial charge in [0.2, 0.25) is 6.79 Å². The molecule has 0 radical (unpaired) electrons. The zero-order chi connectivity index (χ0) is 15.1. The molecule has 2 amide bonds. The predicted octanol–water partition coefficient (Wildman–Crippen LogP) is 1.99. The summed E-state index contributed by atoms with van der Waals surface area (Å²) in [4.78, 5) is 34.9. The van der Waals surface area contributed by atoms with Crippen LogP contribution >= 0.6 is 11.8 Å². The highest BCUT2D eigenvalue weighted by molar-refractivity contribution is 8.18. The van der Waals surface area contributed by atoms with E-state index in [0.717, 1.165) is 16.7 Å². The number of hydrogen-bond donors (Lipinski definition) is 0. The summed E-state index contributed by atoms with van der Waals surface area (Å²) in [6, 6.07) is 2.66. The van der Waals surface area contributed by atoms with Crippen molar-refractivity contribution in [3.05, 3.63) is 32.7 Å². The standard InChI is InChI=1S/C12H8N2O6S/c1-13-11(15)10(21-12(13)16)3-6-2-8-9(20-5-19-8)4-7(6)14(17)18/h2-4H,5H2,1H3/b10-3+. The largest absolute Gasteiger partial charge is 0.454 e. The van der Waals surface area contributed by atoms with Crippen molar-refractivity contribution in [2.24, 2.45) is 0 Å². The Hall–Kier alpha value is -2.55. The molecule has 2 aliphatic heterocycles. The maximum atomic E-state index is 11.8. The lowest BCUT2D eigenvalue weighted by atomic mass is 10.1. The van der Waals surface area contributed by atoms with Gasteiger partial charge in [-0.1, -0.05) is 0 Å². The van der Waals surface area contributed by atoms with Gasteiger partial charge in [-0.25, -0.2) is 0 Å². The lowest BCUT2D eigenvalue weighted by molar-refractivity contribution is -0.385. The number of likely N-dealkylation sites (N-methyl/N-ethyl adjacent to an activating group) is 1. The number of imide groups is 1. The summed E-state index contributed by atoms with van der Waals surface area (Å²) >= 11 is 0.734. The maximum Gasteiger partial charge on any atom is 0.293 e. The van der Waals surface area contributed by atoms with Crippen molar-refractivity contribution in [2.45, 2.75) is 0 Å². The van der Waals surface area contributed by atoms with Crippen LogP contribution in [0, 0.1) is 10.1 Å². The van der Waals surface area contributed by atoms with E-state index in [9.17, 15) is 19.7 Å². The van der Waals surface area contributed by atoms with Gasteiger partial charge in [0.25, 0.3) is 16.8 Å². The van der Waals surface area contributed by atoms with Crippen LogP contribution in [0.1, 0.15) is 5.56 Å². The molecule has 0 atom stereocenters. The number of ether oxygens (including phenoxy) is 2. The Morgan fingerprint density at radius 2 is 2.00 bits per heavy atom. The zero-order valence-electron chi connectivity index (χ0n) is 10.7. The Kier molecular flexibility index (Phi) is 3.05. The average Bonchev–Trinajstić information content (AvgIpc) is 2.98. The minimum Gasteiger partial charge on any atom is -0.454 e. The Bertz CT molecular complexity index is 714. The molecule has 1 saturated heterocycles. The number of nitro benzene ring substituents is 1. The van der Waals surface area contributed by atoms with E-state index in [2.05, 4.69) is 0 Å². The summed E-state index contributed by atoms with van der Waals surface area (Å²) < 4.78 is 10.3. The normalized spacial score (nSPS) is 18.7. The fraction of sp³-hybridized carbons (Fsp3) is 0.167. The Labute approximate surface area is 122 Å². The molecular weight excluding hydrogens is 300 g/mol. The summed E-state index contributed by atoms with van der Waals surface area (Å²) in [7, 11) is 1.35. The number of carbonyl (C=O) groups excluding carboxylic acids is 2. The van der Waals surface area contributed by atoms with Crippen LogP contribution in [-0.4, -0.2) is 34.8 Å². The van der Waals surface area contributed by atoms with Gasteiger partial charge in [-0.3, -0.25) is 24.6 Å². The second-order valence-corrected chi connectivity index (χ2v) is 5.26. The molecule has 1 aromatic carbocycles. The summed E-state index contributed by atoms with van der Waals surface area (Å²) in [5.41, 5.74) is -0.0367. The molecule has 1 fully saturated rings. The van der Waals surface area contributed by atoms with Gasteiger partial charge < -0.3 is 9.47 Å². The number of rotatable bonds is 2. The minimum absolute atomic E-state index is 0.0125. The smallest absolute Gasteiger partial charge is 0.293 e. The van der Waals surface area contributed by atoms with Crippen LogP contribution in [0.5, 0.6) is 11.5 Å². The first-order chi connectivity index (χ1) is 9.97. The van der Waals surface area contributed by atoms with Crippen molar-refractivity contribution in [3.8, 4) is 11.5 Å². The van der Waals surface area contributed by atoms with E-state index >= 15 is 0 Å². The molecule has 0 unspecified atom stereocenters. The number of carbonyl (C=O) groups is 2. The van der Waals surface area contributed by atoms with Gasteiger partial charge in [-0.05, 0) is 23.9 Å². The van der Waals surface area contributed by atoms with Crippen molar-refractivity contribution >= 4 is 34.7 Å². The number of nitro groups is 1. The Morgan fingerprint density at radius 3 is 2.57 bits per heavy atom. The van der Waals surface area contributed by atoms with Gasteiger partial charge in [0.1, 0.15) is 0 Å². The number of thioether (sulfide) groups is 1. The SMILES string of the molecule is CN1C(=O)S/C(=C/c2cc3c(cc2[N+](=O)[O-])OCO3)C1=O. The van der Waals surface area contributed by atoms with Gasteiger partial charge in [0, 0.05) is 7.05 Å². The Morgan fingerprint density at radius 1 is 1.33 bits per heavy atom. The van der Waals surface area contributed by atoms with Crippen LogP contribution in [0.15, 0.2) is 17.0 Å². The van der Waals surface area contributed by atoms with E-state index in [1.54, 1.807) is 0 Å². The first-order valence-corrected chi connectivity index (χ1v) is 6.58. The molecule has 2 heterocycles. The van der Waals surface area contributed by atoms with Crippen molar-refractivity contribution in [1.29, 1.82) is 0 Å². The van der Waals surface area contributed by atoms with Crippen LogP contribution in [0.4, 0.5) is 10.5 Å². The number of benzene rings is 1. The monoisotopic (exact) mass is 308 g/mol. The molecular formula is C12H8N2O6S. The van der Waals surface area contributed by atoms with Crippen LogP contribution < -0.4 is 9.47 Å². The highest BCUT2D eigenvalue weighted by Gasteiger charge is 2.33. The van der Waals surface area contributed by atoms with E-state index in [-0.39, 0.29) is 28.7 Å². The van der Waals surface area contributed by atoms with Gasteiger partial charge in [-0.2, -0.15) is 0 Å². The average molecular weight is 308 g/mol. The van der Waals surface area contributed by atoms with Gasteiger partial charge in [0.15, 0.2) is 11.5 Å². The first-order valence-electron chi connectivity index (χ1n) is 5.77. The number of amides is 2. The molecule has 9 heteroatoms. The molecule has 0 saturated carbocycles. The molecule has 108 valence electrons. The molecule has 21 heavy (non-hydrogen) atoms. The topological polar surface area (TPSA) is 99.0 Å². The highest BCUT2D eigenvalue weighted by atomic mass is 32.2. The van der Waals surface area contributed by atoms with E-state index < -0.39 is 16.1 Å². The summed E-state index contributed by atoms with van der Waals surface area (Å²) in [6.07, 6.45) is 1.31. The third kappa shape index (κ3) is 2.21. The molecule has 0 aliphatic carbocycles. The molecule has 0 aromatic heterocycles. The molecule has 1 aromatic rings. The van der Waals surface area contributed by atoms with Crippen LogP contribution in [0.3, 0.4) is 0 Å². The number of fused-ring (bicyclic) bond motifs is 1. The van der Waals surface area contributed by atoms with E-state index in [1.165, 1.54) is 25.3 Å².